The number of nitrogens with zero attached hydrogens (tertiary/aromatic N) is 1. The third-order valence-corrected chi connectivity index (χ3v) is 4.86. The summed E-state index contributed by atoms with van der Waals surface area (Å²) in [6.45, 7) is 0. The van der Waals surface area contributed by atoms with Gasteiger partial charge in [0.15, 0.2) is 0 Å². The quantitative estimate of drug-likeness (QED) is 0.917. The molecule has 110 valence electrons. The first-order valence-corrected chi connectivity index (χ1v) is 8.34. The summed E-state index contributed by atoms with van der Waals surface area (Å²) in [6.07, 6.45) is 6.55. The molecule has 0 saturated heterocycles. The minimum absolute atomic E-state index is 0.155. The maximum Gasteiger partial charge on any atom is 0.303 e. The van der Waals surface area contributed by atoms with Crippen molar-refractivity contribution in [2.45, 2.75) is 44.9 Å². The van der Waals surface area contributed by atoms with Crippen LogP contribution in [0.1, 0.15) is 46.7 Å². The number of aryl methyl sites for hydroxylation is 3. The van der Waals surface area contributed by atoms with E-state index in [0.717, 1.165) is 17.1 Å². The number of aromatic nitrogens is 1. The molecule has 1 N–H and O–H groups in total. The predicted molar refractivity (Wildman–Crippen MR) is 84.0 cm³/mol. The summed E-state index contributed by atoms with van der Waals surface area (Å²) in [7, 11) is 0. The zero-order valence-electron chi connectivity index (χ0n) is 12.0. The summed E-state index contributed by atoms with van der Waals surface area (Å²) in [4.78, 5) is 15.1. The first-order valence-electron chi connectivity index (χ1n) is 7.46. The molecule has 1 heterocycles. The monoisotopic (exact) mass is 301 g/mol. The Morgan fingerprint density at radius 3 is 2.86 bits per heavy atom. The molecule has 1 aliphatic carbocycles. The lowest BCUT2D eigenvalue weighted by Gasteiger charge is -2.16. The molecule has 3 nitrogen and oxygen atoms in total. The number of carboxylic acid groups (broad SMARTS) is 1. The highest BCUT2D eigenvalue weighted by atomic mass is 32.1. The molecule has 0 aliphatic heterocycles. The van der Waals surface area contributed by atoms with Crippen molar-refractivity contribution in [1.82, 2.24) is 4.98 Å². The number of fused-ring (bicyclic) bond motifs is 1. The van der Waals surface area contributed by atoms with Crippen molar-refractivity contribution in [1.29, 1.82) is 0 Å². The number of hydrogen-bond acceptors (Lipinski definition) is 3. The van der Waals surface area contributed by atoms with Gasteiger partial charge < -0.3 is 5.11 Å². The maximum absolute atomic E-state index is 10.6. The highest BCUT2D eigenvalue weighted by Crippen LogP contribution is 2.24. The minimum Gasteiger partial charge on any atom is -0.481 e. The van der Waals surface area contributed by atoms with Crippen molar-refractivity contribution < 1.29 is 9.90 Å². The number of hydrogen-bond donors (Lipinski definition) is 1. The number of aliphatic carboxylic acids is 1. The molecule has 1 aromatic heterocycles. The fraction of sp³-hybridized carbons (Fsp3) is 0.412. The summed E-state index contributed by atoms with van der Waals surface area (Å²) in [5.74, 6) is -0.765. The van der Waals surface area contributed by atoms with Crippen LogP contribution in [-0.2, 0) is 30.5 Å². The molecule has 0 amide bonds. The van der Waals surface area contributed by atoms with E-state index < -0.39 is 5.97 Å². The van der Waals surface area contributed by atoms with Gasteiger partial charge in [0.25, 0.3) is 0 Å². The van der Waals surface area contributed by atoms with Gasteiger partial charge in [-0.15, -0.1) is 11.3 Å². The molecule has 0 saturated carbocycles. The molecule has 1 aromatic carbocycles. The molecule has 2 aromatic rings. The van der Waals surface area contributed by atoms with Gasteiger partial charge in [-0.3, -0.25) is 4.79 Å². The molecule has 0 unspecified atom stereocenters. The molecular formula is C17H19NO2S. The van der Waals surface area contributed by atoms with Crippen molar-refractivity contribution >= 4 is 17.3 Å². The van der Waals surface area contributed by atoms with Crippen molar-refractivity contribution in [2.75, 3.05) is 0 Å². The van der Waals surface area contributed by atoms with E-state index in [1.165, 1.54) is 42.4 Å². The fourth-order valence-electron chi connectivity index (χ4n) is 2.85. The number of thiazole rings is 1. The van der Waals surface area contributed by atoms with Crippen LogP contribution >= 0.6 is 11.3 Å². The lowest BCUT2D eigenvalue weighted by molar-refractivity contribution is -0.136. The Labute approximate surface area is 128 Å². The minimum atomic E-state index is -0.765. The van der Waals surface area contributed by atoms with Crippen LogP contribution in [-0.4, -0.2) is 16.1 Å². The Hall–Kier alpha value is -1.68. The molecule has 4 heteroatoms. The molecule has 1 aliphatic rings. The van der Waals surface area contributed by atoms with Gasteiger partial charge in [-0.2, -0.15) is 0 Å². The van der Waals surface area contributed by atoms with Crippen molar-refractivity contribution in [3.05, 3.63) is 51.0 Å². The average Bonchev–Trinajstić information content (AvgIpc) is 2.92. The SMILES string of the molecule is O=C(O)CCc1csc(Cc2ccc3c(c2)CCCC3)n1. The predicted octanol–water partition coefficient (Wildman–Crippen LogP) is 3.63. The van der Waals surface area contributed by atoms with E-state index in [0.29, 0.717) is 6.42 Å². The molecule has 0 radical (unpaired) electrons. The zero-order valence-corrected chi connectivity index (χ0v) is 12.8. The third-order valence-electron chi connectivity index (χ3n) is 3.96. The Morgan fingerprint density at radius 2 is 2.05 bits per heavy atom. The molecule has 0 fully saturated rings. The summed E-state index contributed by atoms with van der Waals surface area (Å²) < 4.78 is 0. The van der Waals surface area contributed by atoms with Crippen LogP contribution in [0.25, 0.3) is 0 Å². The molecule has 21 heavy (non-hydrogen) atoms. The van der Waals surface area contributed by atoms with Gasteiger partial charge in [0.1, 0.15) is 0 Å². The zero-order chi connectivity index (χ0) is 14.7. The molecular weight excluding hydrogens is 282 g/mol. The smallest absolute Gasteiger partial charge is 0.303 e. The van der Waals surface area contributed by atoms with Gasteiger partial charge in [-0.25, -0.2) is 4.98 Å². The van der Waals surface area contributed by atoms with Crippen LogP contribution in [0.5, 0.6) is 0 Å². The van der Waals surface area contributed by atoms with Crippen molar-refractivity contribution in [3.63, 3.8) is 0 Å². The van der Waals surface area contributed by atoms with E-state index in [4.69, 9.17) is 5.11 Å². The number of carbonyl (C=O) groups is 1. The second-order valence-corrected chi connectivity index (χ2v) is 6.56. The fourth-order valence-corrected chi connectivity index (χ4v) is 3.71. The number of benzene rings is 1. The Bertz CT molecular complexity index is 648. The Kier molecular flexibility index (Phi) is 4.34. The second-order valence-electron chi connectivity index (χ2n) is 5.61. The molecule has 0 bridgehead atoms. The molecule has 0 atom stereocenters. The van der Waals surface area contributed by atoms with E-state index in [2.05, 4.69) is 23.2 Å². The lowest BCUT2D eigenvalue weighted by atomic mass is 9.90. The number of rotatable bonds is 5. The summed E-state index contributed by atoms with van der Waals surface area (Å²) in [5.41, 5.74) is 5.22. The summed E-state index contributed by atoms with van der Waals surface area (Å²) in [6, 6.07) is 6.80. The van der Waals surface area contributed by atoms with Crippen LogP contribution < -0.4 is 0 Å². The maximum atomic E-state index is 10.6. The first kappa shape index (κ1) is 14.3. The molecule has 0 spiro atoms. The first-order chi connectivity index (χ1) is 10.2. The van der Waals surface area contributed by atoms with Crippen LogP contribution in [0.3, 0.4) is 0 Å². The Balaban J connectivity index is 1.67. The van der Waals surface area contributed by atoms with Crippen molar-refractivity contribution in [3.8, 4) is 0 Å². The van der Waals surface area contributed by atoms with Crippen LogP contribution in [0.2, 0.25) is 0 Å². The van der Waals surface area contributed by atoms with Gasteiger partial charge in [-0.1, -0.05) is 18.2 Å². The normalized spacial score (nSPS) is 13.9. The van der Waals surface area contributed by atoms with E-state index in [9.17, 15) is 4.79 Å². The van der Waals surface area contributed by atoms with E-state index in [1.54, 1.807) is 11.3 Å². The topological polar surface area (TPSA) is 50.2 Å². The van der Waals surface area contributed by atoms with Crippen LogP contribution in [0, 0.1) is 0 Å². The second kappa shape index (κ2) is 6.39. The van der Waals surface area contributed by atoms with E-state index >= 15 is 0 Å². The largest absolute Gasteiger partial charge is 0.481 e. The number of carboxylic acids is 1. The standard InChI is InChI=1S/C17H19NO2S/c19-17(20)8-7-15-11-21-16(18-15)10-12-5-6-13-3-1-2-4-14(13)9-12/h5-6,9,11H,1-4,7-8,10H2,(H,19,20). The average molecular weight is 301 g/mol. The van der Waals surface area contributed by atoms with Crippen LogP contribution in [0.15, 0.2) is 23.6 Å². The van der Waals surface area contributed by atoms with Crippen LogP contribution in [0.4, 0.5) is 0 Å². The summed E-state index contributed by atoms with van der Waals surface area (Å²) in [5, 5.41) is 11.8. The van der Waals surface area contributed by atoms with Gasteiger partial charge in [0.05, 0.1) is 17.1 Å². The van der Waals surface area contributed by atoms with Gasteiger partial charge >= 0.3 is 5.97 Å². The van der Waals surface area contributed by atoms with Gasteiger partial charge in [0.2, 0.25) is 0 Å². The third kappa shape index (κ3) is 3.70. The Morgan fingerprint density at radius 1 is 1.24 bits per heavy atom. The van der Waals surface area contributed by atoms with Crippen molar-refractivity contribution in [2.24, 2.45) is 0 Å². The van der Waals surface area contributed by atoms with Gasteiger partial charge in [-0.05, 0) is 42.4 Å². The summed E-state index contributed by atoms with van der Waals surface area (Å²) >= 11 is 1.63. The lowest BCUT2D eigenvalue weighted by Crippen LogP contribution is -2.03. The molecule has 3 rings (SSSR count). The highest BCUT2D eigenvalue weighted by Gasteiger charge is 2.11. The van der Waals surface area contributed by atoms with E-state index in [1.807, 2.05) is 5.38 Å². The highest BCUT2D eigenvalue weighted by molar-refractivity contribution is 7.09. The van der Waals surface area contributed by atoms with E-state index in [-0.39, 0.29) is 6.42 Å². The van der Waals surface area contributed by atoms with Gasteiger partial charge in [0, 0.05) is 18.2 Å².